The van der Waals surface area contributed by atoms with E-state index in [1.807, 2.05) is 0 Å². The lowest BCUT2D eigenvalue weighted by Gasteiger charge is -2.14. The number of nitrogens with one attached hydrogen (secondary N) is 1. The Morgan fingerprint density at radius 3 is 2.46 bits per heavy atom. The minimum absolute atomic E-state index is 0.192. The van der Waals surface area contributed by atoms with E-state index in [0.717, 1.165) is 12.8 Å². The van der Waals surface area contributed by atoms with Crippen molar-refractivity contribution < 1.29 is 22.2 Å². The van der Waals surface area contributed by atoms with Crippen molar-refractivity contribution in [3.63, 3.8) is 0 Å². The van der Waals surface area contributed by atoms with Gasteiger partial charge in [-0.2, -0.15) is 8.42 Å². The van der Waals surface area contributed by atoms with Gasteiger partial charge >= 0.3 is 16.1 Å². The minimum atomic E-state index is -4.00. The van der Waals surface area contributed by atoms with Gasteiger partial charge in [0.05, 0.1) is 10.0 Å². The molecule has 24 heavy (non-hydrogen) atoms. The quantitative estimate of drug-likeness (QED) is 0.737. The van der Waals surface area contributed by atoms with Crippen LogP contribution in [0.25, 0.3) is 0 Å². The summed E-state index contributed by atoms with van der Waals surface area (Å²) in [5.41, 5.74) is 0.192. The van der Waals surface area contributed by atoms with E-state index in [2.05, 4.69) is 9.50 Å². The molecule has 0 bridgehead atoms. The molecule has 132 valence electrons. The number of amides is 1. The van der Waals surface area contributed by atoms with Crippen LogP contribution < -0.4 is 5.32 Å². The largest absolute Gasteiger partial charge is 0.343 e. The molecule has 1 aromatic carbocycles. The van der Waals surface area contributed by atoms with E-state index in [0.29, 0.717) is 18.1 Å². The third-order valence-electron chi connectivity index (χ3n) is 3.33. The second-order valence-corrected chi connectivity index (χ2v) is 7.63. The number of carbonyl (C=O) groups excluding carboxylic acids is 2. The second kappa shape index (κ2) is 8.15. The summed E-state index contributed by atoms with van der Waals surface area (Å²) in [6.07, 6.45) is 1.84. The number of rotatable bonds is 6. The van der Waals surface area contributed by atoms with E-state index in [4.69, 9.17) is 23.2 Å². The molecule has 0 atom stereocenters. The smallest absolute Gasteiger partial charge is 0.341 e. The number of carbonyl (C=O) groups is 2. The molecule has 0 saturated carbocycles. The van der Waals surface area contributed by atoms with Gasteiger partial charge < -0.3 is 9.50 Å². The Bertz CT molecular complexity index is 733. The molecule has 0 aromatic heterocycles. The molecule has 1 aliphatic heterocycles. The van der Waals surface area contributed by atoms with E-state index in [1.165, 1.54) is 18.2 Å². The van der Waals surface area contributed by atoms with Crippen LogP contribution in [0.2, 0.25) is 10.0 Å². The zero-order chi connectivity index (χ0) is 17.7. The number of benzene rings is 1. The van der Waals surface area contributed by atoms with Crippen LogP contribution in [0.3, 0.4) is 0 Å². The van der Waals surface area contributed by atoms with Crippen molar-refractivity contribution in [2.75, 3.05) is 25.5 Å². The highest BCUT2D eigenvalue weighted by Gasteiger charge is 2.23. The van der Waals surface area contributed by atoms with Gasteiger partial charge in [-0.05, 0) is 44.1 Å². The van der Waals surface area contributed by atoms with Gasteiger partial charge in [-0.1, -0.05) is 23.2 Å². The van der Waals surface area contributed by atoms with Crippen LogP contribution >= 0.6 is 23.2 Å². The van der Waals surface area contributed by atoms with Crippen molar-refractivity contribution in [1.29, 1.82) is 0 Å². The van der Waals surface area contributed by atoms with Crippen molar-refractivity contribution in [2.24, 2.45) is 0 Å². The second-order valence-electron chi connectivity index (χ2n) is 5.28. The third kappa shape index (κ3) is 5.62. The molecule has 10 heteroatoms. The van der Waals surface area contributed by atoms with Crippen LogP contribution in [0.4, 0.5) is 0 Å². The maximum atomic E-state index is 11.9. The van der Waals surface area contributed by atoms with Crippen LogP contribution in [-0.2, 0) is 19.1 Å². The van der Waals surface area contributed by atoms with E-state index >= 15 is 0 Å². The molecule has 1 N–H and O–H groups in total. The van der Waals surface area contributed by atoms with E-state index < -0.39 is 28.5 Å². The first-order valence-electron chi connectivity index (χ1n) is 7.17. The fraction of sp³-hybridized carbons (Fsp3) is 0.429. The van der Waals surface area contributed by atoms with E-state index in [1.54, 1.807) is 4.90 Å². The van der Waals surface area contributed by atoms with Crippen molar-refractivity contribution >= 4 is 45.2 Å². The average molecular weight is 395 g/mol. The molecule has 7 nitrogen and oxygen atoms in total. The SMILES string of the molecule is O=C(CNC(=O)c1ccc(Cl)c(Cl)c1)OS(=O)(=O)CN1CCCC1. The minimum Gasteiger partial charge on any atom is -0.343 e. The van der Waals surface area contributed by atoms with Crippen molar-refractivity contribution in [2.45, 2.75) is 12.8 Å². The predicted molar refractivity (Wildman–Crippen MR) is 89.5 cm³/mol. The van der Waals surface area contributed by atoms with Crippen molar-refractivity contribution in [1.82, 2.24) is 10.2 Å². The molecule has 1 aliphatic rings. The average Bonchev–Trinajstić information content (AvgIpc) is 2.99. The first-order valence-corrected chi connectivity index (χ1v) is 9.51. The van der Waals surface area contributed by atoms with Gasteiger partial charge in [0.15, 0.2) is 0 Å². The molecule has 0 aliphatic carbocycles. The summed E-state index contributed by atoms with van der Waals surface area (Å²) >= 11 is 11.5. The summed E-state index contributed by atoms with van der Waals surface area (Å²) in [5.74, 6) is -1.98. The molecule has 0 unspecified atom stereocenters. The molecule has 0 spiro atoms. The lowest BCUT2D eigenvalue weighted by atomic mass is 10.2. The number of hydrogen-bond donors (Lipinski definition) is 1. The lowest BCUT2D eigenvalue weighted by molar-refractivity contribution is -0.132. The fourth-order valence-electron chi connectivity index (χ4n) is 2.22. The lowest BCUT2D eigenvalue weighted by Crippen LogP contribution is -2.34. The number of nitrogens with zero attached hydrogens (tertiary/aromatic N) is 1. The Morgan fingerprint density at radius 1 is 1.17 bits per heavy atom. The predicted octanol–water partition coefficient (Wildman–Crippen LogP) is 1.65. The zero-order valence-electron chi connectivity index (χ0n) is 12.6. The summed E-state index contributed by atoms with van der Waals surface area (Å²) in [6.45, 7) is 0.744. The summed E-state index contributed by atoms with van der Waals surface area (Å²) in [6, 6.07) is 4.21. The Balaban J connectivity index is 1.83. The van der Waals surface area contributed by atoms with Gasteiger partial charge in [0.25, 0.3) is 5.91 Å². The summed E-state index contributed by atoms with van der Waals surface area (Å²) < 4.78 is 28.0. The topological polar surface area (TPSA) is 92.8 Å². The molecule has 1 heterocycles. The van der Waals surface area contributed by atoms with Crippen LogP contribution in [0, 0.1) is 0 Å². The Kier molecular flexibility index (Phi) is 6.45. The third-order valence-corrected chi connectivity index (χ3v) is 5.19. The first-order chi connectivity index (χ1) is 11.3. The molecule has 0 radical (unpaired) electrons. The highest BCUT2D eigenvalue weighted by molar-refractivity contribution is 7.87. The van der Waals surface area contributed by atoms with Crippen LogP contribution in [0.15, 0.2) is 18.2 Å². The number of likely N-dealkylation sites (tertiary alicyclic amines) is 1. The van der Waals surface area contributed by atoms with Gasteiger partial charge in [-0.15, -0.1) is 0 Å². The van der Waals surface area contributed by atoms with Crippen molar-refractivity contribution in [3.8, 4) is 0 Å². The summed E-state index contributed by atoms with van der Waals surface area (Å²) in [4.78, 5) is 25.2. The molecule has 1 saturated heterocycles. The van der Waals surface area contributed by atoms with Gasteiger partial charge in [-0.25, -0.2) is 4.79 Å². The highest BCUT2D eigenvalue weighted by atomic mass is 35.5. The Labute approximate surface area is 150 Å². The summed E-state index contributed by atoms with van der Waals surface area (Å²) in [5, 5.41) is 2.76. The number of hydrogen-bond acceptors (Lipinski definition) is 6. The van der Waals surface area contributed by atoms with Gasteiger partial charge in [0, 0.05) is 5.56 Å². The molecule has 1 amide bonds. The molecule has 1 fully saturated rings. The zero-order valence-corrected chi connectivity index (χ0v) is 15.0. The highest BCUT2D eigenvalue weighted by Crippen LogP contribution is 2.22. The normalized spacial score (nSPS) is 15.2. The van der Waals surface area contributed by atoms with Crippen LogP contribution in [-0.4, -0.2) is 50.7 Å². The fourth-order valence-corrected chi connectivity index (χ4v) is 3.62. The monoisotopic (exact) mass is 394 g/mol. The first kappa shape index (κ1) is 19.0. The standard InChI is InChI=1S/C14H16Cl2N2O5S/c15-11-4-3-10(7-12(11)16)14(20)17-8-13(19)23-24(21,22)9-18-5-1-2-6-18/h3-4,7H,1-2,5-6,8-9H2,(H,17,20). The van der Waals surface area contributed by atoms with Crippen molar-refractivity contribution in [3.05, 3.63) is 33.8 Å². The molecular formula is C14H16Cl2N2O5S. The van der Waals surface area contributed by atoms with Crippen LogP contribution in [0.1, 0.15) is 23.2 Å². The maximum Gasteiger partial charge on any atom is 0.341 e. The molecular weight excluding hydrogens is 379 g/mol. The maximum absolute atomic E-state index is 11.9. The van der Waals surface area contributed by atoms with E-state index in [-0.39, 0.29) is 16.5 Å². The van der Waals surface area contributed by atoms with E-state index in [9.17, 15) is 18.0 Å². The van der Waals surface area contributed by atoms with Gasteiger partial charge in [0.1, 0.15) is 12.4 Å². The van der Waals surface area contributed by atoms with Gasteiger partial charge in [-0.3, -0.25) is 9.69 Å². The number of halogens is 2. The molecule has 1 aromatic rings. The van der Waals surface area contributed by atoms with Crippen LogP contribution in [0.5, 0.6) is 0 Å². The molecule has 2 rings (SSSR count). The van der Waals surface area contributed by atoms with Gasteiger partial charge in [0.2, 0.25) is 0 Å². The Hall–Kier alpha value is -1.35. The Morgan fingerprint density at radius 2 is 1.83 bits per heavy atom. The summed E-state index contributed by atoms with van der Waals surface area (Å²) in [7, 11) is -4.00.